The molecule has 0 unspecified atom stereocenters. The predicted molar refractivity (Wildman–Crippen MR) is 101 cm³/mol. The van der Waals surface area contributed by atoms with Crippen LogP contribution in [-0.2, 0) is 9.59 Å². The van der Waals surface area contributed by atoms with E-state index in [4.69, 9.17) is 12.2 Å². The smallest absolute Gasteiger partial charge is 0.266 e. The highest BCUT2D eigenvalue weighted by atomic mass is 32.2. The molecule has 1 aliphatic heterocycles. The summed E-state index contributed by atoms with van der Waals surface area (Å²) in [6.45, 7) is 4.12. The summed E-state index contributed by atoms with van der Waals surface area (Å²) in [6, 6.07) is 3.66. The van der Waals surface area contributed by atoms with Gasteiger partial charge in [-0.2, -0.15) is 0 Å². The van der Waals surface area contributed by atoms with Crippen molar-refractivity contribution >= 4 is 46.3 Å². The van der Waals surface area contributed by atoms with Crippen LogP contribution < -0.4 is 5.11 Å². The van der Waals surface area contributed by atoms with Gasteiger partial charge in [0.15, 0.2) is 0 Å². The monoisotopic (exact) mass is 378 g/mol. The molecule has 1 aromatic rings. The topological polar surface area (TPSA) is 80.7 Å². The second-order valence-electron chi connectivity index (χ2n) is 6.02. The number of aryl methyl sites for hydroxylation is 2. The minimum atomic E-state index is -1.05. The first-order chi connectivity index (χ1) is 11.8. The van der Waals surface area contributed by atoms with E-state index in [1.165, 1.54) is 11.8 Å². The van der Waals surface area contributed by atoms with Gasteiger partial charge in [-0.05, 0) is 68.0 Å². The molecule has 0 bridgehead atoms. The van der Waals surface area contributed by atoms with Crippen molar-refractivity contribution < 1.29 is 19.8 Å². The van der Waals surface area contributed by atoms with Gasteiger partial charge in [0.2, 0.25) is 0 Å². The lowest BCUT2D eigenvalue weighted by Crippen LogP contribution is -2.29. The summed E-state index contributed by atoms with van der Waals surface area (Å²) in [5.74, 6) is -0.910. The van der Waals surface area contributed by atoms with Gasteiger partial charge in [-0.3, -0.25) is 9.69 Å². The molecule has 134 valence electrons. The molecule has 1 N–H and O–H groups in total. The largest absolute Gasteiger partial charge is 0.550 e. The first-order valence-corrected chi connectivity index (χ1v) is 9.27. The van der Waals surface area contributed by atoms with Crippen LogP contribution in [0.3, 0.4) is 0 Å². The molecule has 25 heavy (non-hydrogen) atoms. The molecule has 2 rings (SSSR count). The average molecular weight is 378 g/mol. The maximum atomic E-state index is 12.5. The minimum absolute atomic E-state index is 0.0395. The number of amides is 1. The molecule has 1 amide bonds. The van der Waals surface area contributed by atoms with Gasteiger partial charge in [-0.15, -0.1) is 0 Å². The number of aliphatic carboxylic acids is 1. The van der Waals surface area contributed by atoms with E-state index >= 15 is 0 Å². The molecule has 7 heteroatoms. The van der Waals surface area contributed by atoms with E-state index in [0.717, 1.165) is 16.7 Å². The number of carboxylic acids is 1. The number of thioether (sulfide) groups is 1. The van der Waals surface area contributed by atoms with E-state index in [1.807, 2.05) is 26.0 Å². The zero-order valence-electron chi connectivity index (χ0n) is 14.2. The highest BCUT2D eigenvalue weighted by molar-refractivity contribution is 8.26. The molecule has 0 aromatic heterocycles. The van der Waals surface area contributed by atoms with E-state index in [-0.39, 0.29) is 18.1 Å². The molecule has 5 nitrogen and oxygen atoms in total. The molecule has 1 heterocycles. The number of hydrogen-bond donors (Lipinski definition) is 1. The fourth-order valence-electron chi connectivity index (χ4n) is 2.63. The van der Waals surface area contributed by atoms with E-state index in [0.29, 0.717) is 35.0 Å². The lowest BCUT2D eigenvalue weighted by Gasteiger charge is -2.14. The summed E-state index contributed by atoms with van der Waals surface area (Å²) in [7, 11) is 0. The van der Waals surface area contributed by atoms with Crippen LogP contribution in [0, 0.1) is 13.8 Å². The number of thiocarbonyl (C=S) groups is 1. The zero-order chi connectivity index (χ0) is 18.6. The number of carbonyl (C=O) groups excluding carboxylic acids is 2. The van der Waals surface area contributed by atoms with Gasteiger partial charge < -0.3 is 15.0 Å². The Labute approximate surface area is 156 Å². The van der Waals surface area contributed by atoms with Crippen LogP contribution in [0.5, 0.6) is 5.75 Å². The van der Waals surface area contributed by atoms with Crippen LogP contribution in [0.1, 0.15) is 42.4 Å². The summed E-state index contributed by atoms with van der Waals surface area (Å²) < 4.78 is 0.517. The third-order valence-electron chi connectivity index (χ3n) is 3.95. The maximum Gasteiger partial charge on any atom is 0.266 e. The molecule has 1 aliphatic rings. The van der Waals surface area contributed by atoms with Gasteiger partial charge in [0.25, 0.3) is 5.91 Å². The summed E-state index contributed by atoms with van der Waals surface area (Å²) >= 11 is 6.55. The Balaban J connectivity index is 2.01. The van der Waals surface area contributed by atoms with E-state index < -0.39 is 5.97 Å². The first kappa shape index (κ1) is 19.5. The van der Waals surface area contributed by atoms with Crippen molar-refractivity contribution in [3.8, 4) is 5.75 Å². The Kier molecular flexibility index (Phi) is 6.61. The van der Waals surface area contributed by atoms with Crippen LogP contribution in [0.15, 0.2) is 17.0 Å². The fourth-order valence-corrected chi connectivity index (χ4v) is 3.94. The molecule has 1 aromatic carbocycles. The second kappa shape index (κ2) is 8.49. The Bertz CT molecular complexity index is 720. The van der Waals surface area contributed by atoms with Crippen LogP contribution in [0.2, 0.25) is 0 Å². The van der Waals surface area contributed by atoms with E-state index in [2.05, 4.69) is 0 Å². The Morgan fingerprint density at radius 3 is 2.52 bits per heavy atom. The van der Waals surface area contributed by atoms with Gasteiger partial charge in [-0.1, -0.05) is 30.4 Å². The molecular formula is C18H20NO4S2-. The van der Waals surface area contributed by atoms with Crippen molar-refractivity contribution in [3.05, 3.63) is 33.7 Å². The van der Waals surface area contributed by atoms with Crippen molar-refractivity contribution in [2.24, 2.45) is 0 Å². The summed E-state index contributed by atoms with van der Waals surface area (Å²) in [4.78, 5) is 25.0. The normalized spacial score (nSPS) is 16.1. The second-order valence-corrected chi connectivity index (χ2v) is 7.70. The van der Waals surface area contributed by atoms with Crippen LogP contribution >= 0.6 is 24.0 Å². The van der Waals surface area contributed by atoms with E-state index in [1.54, 1.807) is 11.0 Å². The van der Waals surface area contributed by atoms with Gasteiger partial charge in [-0.25, -0.2) is 0 Å². The Morgan fingerprint density at radius 1 is 1.28 bits per heavy atom. The van der Waals surface area contributed by atoms with Gasteiger partial charge in [0.1, 0.15) is 10.1 Å². The number of aromatic hydroxyl groups is 1. The molecule has 0 aliphatic carbocycles. The number of benzene rings is 1. The molecule has 0 atom stereocenters. The number of rotatable bonds is 7. The summed E-state index contributed by atoms with van der Waals surface area (Å²) in [5, 5.41) is 20.2. The van der Waals surface area contributed by atoms with Crippen LogP contribution in [0.4, 0.5) is 0 Å². The fraction of sp³-hybridized carbons (Fsp3) is 0.389. The highest BCUT2D eigenvalue weighted by Crippen LogP contribution is 2.34. The average Bonchev–Trinajstić information content (AvgIpc) is 2.79. The highest BCUT2D eigenvalue weighted by Gasteiger charge is 2.31. The van der Waals surface area contributed by atoms with Crippen LogP contribution in [0.25, 0.3) is 6.08 Å². The van der Waals surface area contributed by atoms with Crippen molar-refractivity contribution in [1.29, 1.82) is 0 Å². The molecule has 1 fully saturated rings. The summed E-state index contributed by atoms with van der Waals surface area (Å²) in [6.07, 6.45) is 3.77. The first-order valence-electron chi connectivity index (χ1n) is 8.05. The SMILES string of the molecule is Cc1cc(/C=C2\SC(=S)N(CCCCCC(=O)[O-])C2=O)cc(C)c1O. The third kappa shape index (κ3) is 5.06. The van der Waals surface area contributed by atoms with Crippen molar-refractivity contribution in [3.63, 3.8) is 0 Å². The lowest BCUT2D eigenvalue weighted by atomic mass is 10.1. The molecule has 0 spiro atoms. The maximum absolute atomic E-state index is 12.5. The van der Waals surface area contributed by atoms with Crippen molar-refractivity contribution in [2.45, 2.75) is 39.5 Å². The third-order valence-corrected chi connectivity index (χ3v) is 5.33. The van der Waals surface area contributed by atoms with Gasteiger partial charge >= 0.3 is 0 Å². The zero-order valence-corrected chi connectivity index (χ0v) is 15.8. The number of nitrogens with zero attached hydrogens (tertiary/aromatic N) is 1. The Morgan fingerprint density at radius 2 is 1.92 bits per heavy atom. The van der Waals surface area contributed by atoms with Crippen molar-refractivity contribution in [2.75, 3.05) is 6.54 Å². The van der Waals surface area contributed by atoms with Crippen LogP contribution in [-0.4, -0.2) is 32.7 Å². The van der Waals surface area contributed by atoms with E-state index in [9.17, 15) is 19.8 Å². The number of phenolic OH excluding ortho intramolecular Hbond substituents is 1. The number of carboxylic acid groups (broad SMARTS) is 1. The lowest BCUT2D eigenvalue weighted by molar-refractivity contribution is -0.305. The molecule has 0 saturated carbocycles. The predicted octanol–water partition coefficient (Wildman–Crippen LogP) is 2.52. The minimum Gasteiger partial charge on any atom is -0.550 e. The van der Waals surface area contributed by atoms with Gasteiger partial charge in [0, 0.05) is 12.5 Å². The number of carbonyl (C=O) groups is 2. The number of phenols is 1. The molecule has 0 radical (unpaired) electrons. The summed E-state index contributed by atoms with van der Waals surface area (Å²) in [5.41, 5.74) is 2.37. The van der Waals surface area contributed by atoms with Crippen molar-refractivity contribution in [1.82, 2.24) is 4.90 Å². The quantitative estimate of drug-likeness (QED) is 0.446. The van der Waals surface area contributed by atoms with Gasteiger partial charge in [0.05, 0.1) is 4.91 Å². The molecule has 1 saturated heterocycles. The number of unbranched alkanes of at least 4 members (excludes halogenated alkanes) is 2. The number of hydrogen-bond acceptors (Lipinski definition) is 6. The Hall–Kier alpha value is -1.86. The standard InChI is InChI=1S/C18H21NO4S2/c1-11-8-13(9-12(2)16(11)22)10-14-17(23)19(18(24)25-14)7-5-3-4-6-15(20)21/h8-10,22H,3-7H2,1-2H3,(H,20,21)/p-1/b14-10-. The molecular weight excluding hydrogens is 358 g/mol.